The van der Waals surface area contributed by atoms with Crippen molar-refractivity contribution in [1.82, 2.24) is 15.1 Å². The molecule has 2 amide bonds. The molecule has 4 rings (SSSR count). The molecule has 1 atom stereocenters. The zero-order valence-corrected chi connectivity index (χ0v) is 18.2. The minimum Gasteiger partial charge on any atom is -0.356 e. The second-order valence-electron chi connectivity index (χ2n) is 7.80. The molecule has 0 spiro atoms. The molecule has 160 valence electrons. The average Bonchev–Trinajstić information content (AvgIpc) is 3.34. The molecule has 1 saturated heterocycles. The van der Waals surface area contributed by atoms with Gasteiger partial charge in [-0.15, -0.1) is 0 Å². The van der Waals surface area contributed by atoms with Crippen molar-refractivity contribution >= 4 is 29.1 Å². The molecular formula is C24H25ClN4O2. The highest BCUT2D eigenvalue weighted by Gasteiger charge is 2.35. The summed E-state index contributed by atoms with van der Waals surface area (Å²) in [5, 5.41) is 8.15. The van der Waals surface area contributed by atoms with Crippen molar-refractivity contribution < 1.29 is 9.59 Å². The number of nitrogens with one attached hydrogen (secondary N) is 1. The fraction of sp³-hybridized carbons (Fsp3) is 0.292. The summed E-state index contributed by atoms with van der Waals surface area (Å²) in [5.41, 5.74) is 3.93. The Bertz CT molecular complexity index is 1080. The van der Waals surface area contributed by atoms with Crippen LogP contribution in [-0.4, -0.2) is 34.7 Å². The summed E-state index contributed by atoms with van der Waals surface area (Å²) in [6, 6.07) is 17.2. The van der Waals surface area contributed by atoms with E-state index < -0.39 is 0 Å². The number of nitrogens with zero attached hydrogens (tertiary/aromatic N) is 3. The Hall–Kier alpha value is -3.12. The van der Waals surface area contributed by atoms with Crippen molar-refractivity contribution in [3.63, 3.8) is 0 Å². The summed E-state index contributed by atoms with van der Waals surface area (Å²) in [5.74, 6) is -0.463. The van der Waals surface area contributed by atoms with Crippen LogP contribution in [0.5, 0.6) is 0 Å². The Morgan fingerprint density at radius 3 is 2.71 bits per heavy atom. The largest absolute Gasteiger partial charge is 0.356 e. The second-order valence-corrected chi connectivity index (χ2v) is 8.24. The Balaban J connectivity index is 1.27. The molecule has 1 unspecified atom stereocenters. The number of aryl methyl sites for hydroxylation is 2. The van der Waals surface area contributed by atoms with E-state index >= 15 is 0 Å². The van der Waals surface area contributed by atoms with Crippen LogP contribution in [0.25, 0.3) is 5.69 Å². The summed E-state index contributed by atoms with van der Waals surface area (Å²) in [6.45, 7) is 2.95. The van der Waals surface area contributed by atoms with Crippen LogP contribution in [-0.2, 0) is 16.0 Å². The molecule has 1 aromatic heterocycles. The number of carbonyl (C=O) groups excluding carboxylic acids is 2. The average molecular weight is 437 g/mol. The number of hydrogen-bond donors (Lipinski definition) is 1. The Kier molecular flexibility index (Phi) is 6.37. The molecule has 7 heteroatoms. The molecule has 3 aromatic rings. The summed E-state index contributed by atoms with van der Waals surface area (Å²) in [6.07, 6.45) is 3.91. The van der Waals surface area contributed by atoms with E-state index in [0.29, 0.717) is 18.1 Å². The third-order valence-corrected chi connectivity index (χ3v) is 5.79. The standard InChI is InChI=1S/C24H25ClN4O2/c1-17-18(16-29(27-17)21-9-3-2-4-10-21)7-6-12-26-24(31)19-13-23(30)28(15-19)22-11-5-8-20(25)14-22/h2-5,8-11,14,16,19H,6-7,12-13,15H2,1H3,(H,26,31). The zero-order valence-electron chi connectivity index (χ0n) is 17.4. The lowest BCUT2D eigenvalue weighted by atomic mass is 10.1. The minimum atomic E-state index is -0.339. The summed E-state index contributed by atoms with van der Waals surface area (Å²) in [4.78, 5) is 26.6. The molecule has 6 nitrogen and oxygen atoms in total. The van der Waals surface area contributed by atoms with Crippen LogP contribution in [0.1, 0.15) is 24.1 Å². The number of benzene rings is 2. The number of amides is 2. The van der Waals surface area contributed by atoms with Gasteiger partial charge in [-0.3, -0.25) is 9.59 Å². The fourth-order valence-electron chi connectivity index (χ4n) is 3.87. The molecule has 0 bridgehead atoms. The highest BCUT2D eigenvalue weighted by Crippen LogP contribution is 2.27. The topological polar surface area (TPSA) is 67.2 Å². The van der Waals surface area contributed by atoms with Crippen LogP contribution >= 0.6 is 11.6 Å². The maximum absolute atomic E-state index is 12.6. The minimum absolute atomic E-state index is 0.0497. The van der Waals surface area contributed by atoms with Crippen LogP contribution in [0, 0.1) is 12.8 Å². The van der Waals surface area contributed by atoms with Crippen molar-refractivity contribution in [3.8, 4) is 5.69 Å². The first-order valence-corrected chi connectivity index (χ1v) is 10.8. The predicted octanol–water partition coefficient (Wildman–Crippen LogP) is 3.94. The van der Waals surface area contributed by atoms with Crippen molar-refractivity contribution in [1.29, 1.82) is 0 Å². The molecule has 1 fully saturated rings. The Morgan fingerprint density at radius 2 is 1.94 bits per heavy atom. The first kappa shape index (κ1) is 21.1. The Labute approximate surface area is 186 Å². The fourth-order valence-corrected chi connectivity index (χ4v) is 4.05. The first-order valence-electron chi connectivity index (χ1n) is 10.5. The van der Waals surface area contributed by atoms with Crippen molar-refractivity contribution in [2.75, 3.05) is 18.0 Å². The van der Waals surface area contributed by atoms with E-state index in [9.17, 15) is 9.59 Å². The third kappa shape index (κ3) is 4.97. The maximum atomic E-state index is 12.6. The number of halogens is 1. The van der Waals surface area contributed by atoms with E-state index in [2.05, 4.69) is 10.4 Å². The van der Waals surface area contributed by atoms with Crippen molar-refractivity contribution in [2.45, 2.75) is 26.2 Å². The molecule has 1 aliphatic heterocycles. The van der Waals surface area contributed by atoms with Crippen LogP contribution < -0.4 is 10.2 Å². The van der Waals surface area contributed by atoms with Gasteiger partial charge in [0.05, 0.1) is 17.3 Å². The molecule has 0 aliphatic carbocycles. The zero-order chi connectivity index (χ0) is 21.8. The molecular weight excluding hydrogens is 412 g/mol. The van der Waals surface area contributed by atoms with Gasteiger partial charge in [0.25, 0.3) is 0 Å². The smallest absolute Gasteiger partial charge is 0.227 e. The van der Waals surface area contributed by atoms with Gasteiger partial charge >= 0.3 is 0 Å². The molecule has 0 radical (unpaired) electrons. The monoisotopic (exact) mass is 436 g/mol. The summed E-state index contributed by atoms with van der Waals surface area (Å²) >= 11 is 6.03. The lowest BCUT2D eigenvalue weighted by Crippen LogP contribution is -2.33. The highest BCUT2D eigenvalue weighted by molar-refractivity contribution is 6.31. The molecule has 1 N–H and O–H groups in total. The van der Waals surface area contributed by atoms with E-state index in [4.69, 9.17) is 11.6 Å². The highest BCUT2D eigenvalue weighted by atomic mass is 35.5. The second kappa shape index (κ2) is 9.35. The van der Waals surface area contributed by atoms with E-state index in [1.54, 1.807) is 23.1 Å². The van der Waals surface area contributed by atoms with E-state index in [1.807, 2.05) is 54.2 Å². The number of para-hydroxylation sites is 1. The van der Waals surface area contributed by atoms with Crippen LogP contribution in [0.3, 0.4) is 0 Å². The lowest BCUT2D eigenvalue weighted by Gasteiger charge is -2.17. The van der Waals surface area contributed by atoms with Gasteiger partial charge in [0.2, 0.25) is 11.8 Å². The van der Waals surface area contributed by atoms with Gasteiger partial charge in [-0.2, -0.15) is 5.10 Å². The van der Waals surface area contributed by atoms with E-state index in [1.165, 1.54) is 5.56 Å². The summed E-state index contributed by atoms with van der Waals surface area (Å²) < 4.78 is 1.89. The summed E-state index contributed by atoms with van der Waals surface area (Å²) in [7, 11) is 0. The van der Waals surface area contributed by atoms with Crippen molar-refractivity contribution in [3.05, 3.63) is 77.1 Å². The number of aromatic nitrogens is 2. The van der Waals surface area contributed by atoms with Gasteiger partial charge in [-0.25, -0.2) is 4.68 Å². The SMILES string of the molecule is Cc1nn(-c2ccccc2)cc1CCCNC(=O)C1CC(=O)N(c2cccc(Cl)c2)C1. The van der Waals surface area contributed by atoms with Gasteiger partial charge in [-0.05, 0) is 55.7 Å². The van der Waals surface area contributed by atoms with Gasteiger partial charge in [0.1, 0.15) is 0 Å². The van der Waals surface area contributed by atoms with E-state index in [0.717, 1.165) is 29.9 Å². The first-order chi connectivity index (χ1) is 15.0. The van der Waals surface area contributed by atoms with E-state index in [-0.39, 0.29) is 24.2 Å². The van der Waals surface area contributed by atoms with Crippen molar-refractivity contribution in [2.24, 2.45) is 5.92 Å². The maximum Gasteiger partial charge on any atom is 0.227 e. The lowest BCUT2D eigenvalue weighted by molar-refractivity contribution is -0.126. The molecule has 31 heavy (non-hydrogen) atoms. The molecule has 0 saturated carbocycles. The number of hydrogen-bond acceptors (Lipinski definition) is 3. The molecule has 2 heterocycles. The molecule has 1 aliphatic rings. The number of carbonyl (C=O) groups is 2. The predicted molar refractivity (Wildman–Crippen MR) is 122 cm³/mol. The quantitative estimate of drug-likeness (QED) is 0.570. The van der Waals surface area contributed by atoms with Crippen LogP contribution in [0.2, 0.25) is 5.02 Å². The third-order valence-electron chi connectivity index (χ3n) is 5.56. The molecule has 2 aromatic carbocycles. The normalized spacial score (nSPS) is 16.0. The number of anilines is 1. The van der Waals surface area contributed by atoms with Gasteiger partial charge < -0.3 is 10.2 Å². The van der Waals surface area contributed by atoms with Gasteiger partial charge in [0, 0.05) is 36.4 Å². The van der Waals surface area contributed by atoms with Crippen LogP contribution in [0.15, 0.2) is 60.8 Å². The van der Waals surface area contributed by atoms with Crippen LogP contribution in [0.4, 0.5) is 5.69 Å². The van der Waals surface area contributed by atoms with Gasteiger partial charge in [-0.1, -0.05) is 35.9 Å². The Morgan fingerprint density at radius 1 is 1.16 bits per heavy atom. The number of rotatable bonds is 7. The van der Waals surface area contributed by atoms with Gasteiger partial charge in [0.15, 0.2) is 0 Å².